The first-order chi connectivity index (χ1) is 5.75. The van der Waals surface area contributed by atoms with Gasteiger partial charge in [-0.15, -0.1) is 6.58 Å². The molecule has 64 valence electrons. The molecule has 13 heavy (non-hydrogen) atoms. The predicted octanol–water partition coefficient (Wildman–Crippen LogP) is 1.46. The summed E-state index contributed by atoms with van der Waals surface area (Å²) in [5, 5.41) is 8.76. The van der Waals surface area contributed by atoms with Crippen molar-refractivity contribution in [3.63, 3.8) is 0 Å². The molecule has 0 heterocycles. The fraction of sp³-hybridized carbons (Fsp3) is 0.100. The van der Waals surface area contributed by atoms with Gasteiger partial charge in [-0.1, -0.05) is 24.3 Å². The minimum absolute atomic E-state index is 0. The van der Waals surface area contributed by atoms with E-state index < -0.39 is 5.97 Å². The number of carboxylic acid groups (broad SMARTS) is 1. The van der Waals surface area contributed by atoms with Crippen LogP contribution in [-0.2, 0) is 6.42 Å². The van der Waals surface area contributed by atoms with Crippen LogP contribution >= 0.6 is 0 Å². The van der Waals surface area contributed by atoms with Crippen LogP contribution in [0.5, 0.6) is 0 Å². The molecule has 0 bridgehead atoms. The van der Waals surface area contributed by atoms with Crippen LogP contribution in [0.15, 0.2) is 36.9 Å². The second-order valence-electron chi connectivity index (χ2n) is 2.46. The van der Waals surface area contributed by atoms with Crippen LogP contribution in [0.3, 0.4) is 0 Å². The zero-order valence-electron chi connectivity index (χ0n) is 6.66. The van der Waals surface area contributed by atoms with Crippen molar-refractivity contribution in [3.8, 4) is 0 Å². The van der Waals surface area contributed by atoms with Crippen LogP contribution in [0.2, 0.25) is 0 Å². The monoisotopic (exact) mass is 186 g/mol. The number of carboxylic acids is 1. The number of rotatable bonds is 3. The predicted molar refractivity (Wildman–Crippen MR) is 54.5 cm³/mol. The minimum atomic E-state index is -0.882. The molecule has 1 aromatic rings. The molecule has 0 aromatic heterocycles. The van der Waals surface area contributed by atoms with Gasteiger partial charge in [-0.3, -0.25) is 0 Å². The molecule has 0 aliphatic heterocycles. The Morgan fingerprint density at radius 1 is 1.46 bits per heavy atom. The Kier molecular flexibility index (Phi) is 5.71. The van der Waals surface area contributed by atoms with Crippen molar-refractivity contribution in [2.75, 3.05) is 0 Å². The van der Waals surface area contributed by atoms with Gasteiger partial charge in [0.1, 0.15) is 0 Å². The van der Waals surface area contributed by atoms with E-state index in [1.54, 1.807) is 24.3 Å². The van der Waals surface area contributed by atoms with Gasteiger partial charge in [0.05, 0.1) is 5.56 Å². The summed E-state index contributed by atoms with van der Waals surface area (Å²) in [4.78, 5) is 10.7. The average molecular weight is 186 g/mol. The van der Waals surface area contributed by atoms with Crippen molar-refractivity contribution >= 4 is 35.5 Å². The first-order valence-electron chi connectivity index (χ1n) is 3.68. The molecule has 0 spiro atoms. The zero-order chi connectivity index (χ0) is 8.97. The van der Waals surface area contributed by atoms with Crippen molar-refractivity contribution in [2.45, 2.75) is 6.42 Å². The molecule has 3 heteroatoms. The van der Waals surface area contributed by atoms with Gasteiger partial charge >= 0.3 is 35.5 Å². The van der Waals surface area contributed by atoms with Crippen molar-refractivity contribution in [3.05, 3.63) is 48.0 Å². The Morgan fingerprint density at radius 3 is 2.62 bits per heavy atom. The van der Waals surface area contributed by atoms with E-state index in [9.17, 15) is 4.79 Å². The van der Waals surface area contributed by atoms with Gasteiger partial charge < -0.3 is 5.11 Å². The standard InChI is InChI=1S/C10H10O2.Na.H/c1-2-5-8-6-3-4-7-9(8)10(11)12;;/h2-4,6-7H,1,5H2,(H,11,12);;. The number of hydrogen-bond donors (Lipinski definition) is 1. The van der Waals surface area contributed by atoms with Crippen LogP contribution in [0.1, 0.15) is 15.9 Å². The summed E-state index contributed by atoms with van der Waals surface area (Å²) in [5.41, 5.74) is 1.16. The summed E-state index contributed by atoms with van der Waals surface area (Å²) in [5.74, 6) is -0.882. The van der Waals surface area contributed by atoms with E-state index in [1.165, 1.54) is 0 Å². The fourth-order valence-electron chi connectivity index (χ4n) is 1.06. The number of allylic oxidation sites excluding steroid dienone is 1. The molecule has 0 radical (unpaired) electrons. The van der Waals surface area contributed by atoms with Crippen molar-refractivity contribution in [1.29, 1.82) is 0 Å². The number of carbonyl (C=O) groups is 1. The van der Waals surface area contributed by atoms with Gasteiger partial charge in [0.15, 0.2) is 0 Å². The second kappa shape index (κ2) is 5.97. The Balaban J connectivity index is 0.00000144. The van der Waals surface area contributed by atoms with E-state index in [-0.39, 0.29) is 29.6 Å². The van der Waals surface area contributed by atoms with Crippen molar-refractivity contribution < 1.29 is 9.90 Å². The van der Waals surface area contributed by atoms with E-state index in [4.69, 9.17) is 5.11 Å². The summed E-state index contributed by atoms with van der Waals surface area (Å²) in [6.07, 6.45) is 2.30. The summed E-state index contributed by atoms with van der Waals surface area (Å²) < 4.78 is 0. The molecule has 0 saturated carbocycles. The quantitative estimate of drug-likeness (QED) is 0.573. The van der Waals surface area contributed by atoms with Crippen LogP contribution in [-0.4, -0.2) is 40.6 Å². The summed E-state index contributed by atoms with van der Waals surface area (Å²) in [7, 11) is 0. The van der Waals surface area contributed by atoms with Gasteiger partial charge in [0.2, 0.25) is 0 Å². The molecule has 0 aliphatic carbocycles. The van der Waals surface area contributed by atoms with E-state index >= 15 is 0 Å². The molecule has 0 aliphatic rings. The van der Waals surface area contributed by atoms with E-state index in [0.29, 0.717) is 12.0 Å². The van der Waals surface area contributed by atoms with E-state index in [1.807, 2.05) is 6.07 Å². The molecule has 2 nitrogen and oxygen atoms in total. The van der Waals surface area contributed by atoms with Crippen LogP contribution < -0.4 is 0 Å². The molecule has 1 aromatic carbocycles. The molecule has 0 fully saturated rings. The Morgan fingerprint density at radius 2 is 2.08 bits per heavy atom. The molecule has 0 unspecified atom stereocenters. The SMILES string of the molecule is C=CCc1ccccc1C(=O)O.[NaH]. The maximum atomic E-state index is 10.7. The molecular weight excluding hydrogens is 175 g/mol. The maximum absolute atomic E-state index is 10.7. The Bertz CT molecular complexity index is 308. The van der Waals surface area contributed by atoms with Crippen molar-refractivity contribution in [2.24, 2.45) is 0 Å². The Hall–Kier alpha value is -0.570. The van der Waals surface area contributed by atoms with Gasteiger partial charge in [-0.2, -0.15) is 0 Å². The molecule has 1 rings (SSSR count). The summed E-state index contributed by atoms with van der Waals surface area (Å²) in [6, 6.07) is 6.94. The van der Waals surface area contributed by atoms with Gasteiger partial charge in [0, 0.05) is 0 Å². The first kappa shape index (κ1) is 12.4. The third-order valence-electron chi connectivity index (χ3n) is 1.61. The van der Waals surface area contributed by atoms with Crippen molar-refractivity contribution in [1.82, 2.24) is 0 Å². The molecule has 0 atom stereocenters. The summed E-state index contributed by atoms with van der Waals surface area (Å²) in [6.45, 7) is 3.56. The van der Waals surface area contributed by atoms with Gasteiger partial charge in [-0.25, -0.2) is 4.79 Å². The topological polar surface area (TPSA) is 37.3 Å². The summed E-state index contributed by atoms with van der Waals surface area (Å²) >= 11 is 0. The molecular formula is C10H11NaO2. The van der Waals surface area contributed by atoms with Crippen LogP contribution in [0.25, 0.3) is 0 Å². The van der Waals surface area contributed by atoms with Crippen LogP contribution in [0, 0.1) is 0 Å². The number of benzene rings is 1. The van der Waals surface area contributed by atoms with E-state index in [2.05, 4.69) is 6.58 Å². The second-order valence-corrected chi connectivity index (χ2v) is 2.46. The van der Waals surface area contributed by atoms with Gasteiger partial charge in [0.25, 0.3) is 0 Å². The van der Waals surface area contributed by atoms with Crippen LogP contribution in [0.4, 0.5) is 0 Å². The average Bonchev–Trinajstić information content (AvgIpc) is 2.05. The molecule has 1 N–H and O–H groups in total. The first-order valence-corrected chi connectivity index (χ1v) is 3.68. The molecule has 0 amide bonds. The third-order valence-corrected chi connectivity index (χ3v) is 1.61. The van der Waals surface area contributed by atoms with E-state index in [0.717, 1.165) is 5.56 Å². The number of hydrogen-bond acceptors (Lipinski definition) is 1. The van der Waals surface area contributed by atoms with Gasteiger partial charge in [-0.05, 0) is 18.1 Å². The zero-order valence-corrected chi connectivity index (χ0v) is 6.66. The fourth-order valence-corrected chi connectivity index (χ4v) is 1.06. The third kappa shape index (κ3) is 3.35. The number of aromatic carboxylic acids is 1. The molecule has 0 saturated heterocycles. The Labute approximate surface area is 99.6 Å². The normalized spacial score (nSPS) is 8.62.